The third-order valence-corrected chi connectivity index (χ3v) is 4.56. The molecule has 2 fully saturated rings. The number of carbonyl (C=O) groups is 1. The number of ether oxygens (including phenoxy) is 2. The van der Waals surface area contributed by atoms with E-state index in [1.165, 1.54) is 25.7 Å². The number of carbonyl (C=O) groups excluding carboxylic acids is 1. The highest BCUT2D eigenvalue weighted by molar-refractivity contribution is 5.76. The quantitative estimate of drug-likeness (QED) is 0.783. The van der Waals surface area contributed by atoms with Crippen LogP contribution in [0.25, 0.3) is 0 Å². The van der Waals surface area contributed by atoms with Crippen molar-refractivity contribution in [3.63, 3.8) is 0 Å². The Labute approximate surface area is 125 Å². The maximum Gasteiger partial charge on any atom is 0.323 e. The summed E-state index contributed by atoms with van der Waals surface area (Å²) < 4.78 is 10.5. The molecule has 2 N–H and O–H groups in total. The molecule has 3 rings (SSSR count). The van der Waals surface area contributed by atoms with Crippen molar-refractivity contribution in [2.24, 2.45) is 23.5 Å². The smallest absolute Gasteiger partial charge is 0.323 e. The van der Waals surface area contributed by atoms with Crippen molar-refractivity contribution in [2.75, 3.05) is 7.11 Å². The zero-order valence-electron chi connectivity index (χ0n) is 12.5. The number of esters is 1. The maximum atomic E-state index is 12.2. The predicted octanol–water partition coefficient (Wildman–Crippen LogP) is 2.50. The highest BCUT2D eigenvalue weighted by atomic mass is 16.5. The number of rotatable bonds is 7. The Kier molecular flexibility index (Phi) is 4.15. The van der Waals surface area contributed by atoms with Crippen molar-refractivity contribution < 1.29 is 14.3 Å². The summed E-state index contributed by atoms with van der Waals surface area (Å²) in [6, 6.07) is 7.07. The number of methoxy groups -OCH3 is 1. The molecule has 114 valence electrons. The lowest BCUT2D eigenvalue weighted by atomic mass is 9.90. The molecule has 0 unspecified atom stereocenters. The largest absolute Gasteiger partial charge is 0.497 e. The lowest BCUT2D eigenvalue weighted by Crippen LogP contribution is -2.41. The molecule has 1 atom stereocenters. The fraction of sp³-hybridized carbons (Fsp3) is 0.588. The highest BCUT2D eigenvalue weighted by Crippen LogP contribution is 2.50. The second kappa shape index (κ2) is 6.06. The van der Waals surface area contributed by atoms with Crippen LogP contribution in [0.3, 0.4) is 0 Å². The van der Waals surface area contributed by atoms with E-state index in [2.05, 4.69) is 0 Å². The average Bonchev–Trinajstić information content (AvgIpc) is 3.39. The summed E-state index contributed by atoms with van der Waals surface area (Å²) in [5, 5.41) is 0. The Morgan fingerprint density at radius 2 is 1.76 bits per heavy atom. The Morgan fingerprint density at radius 3 is 2.24 bits per heavy atom. The number of nitrogens with two attached hydrogens (primary N) is 1. The molecule has 0 radical (unpaired) electrons. The van der Waals surface area contributed by atoms with Crippen LogP contribution < -0.4 is 10.5 Å². The molecule has 21 heavy (non-hydrogen) atoms. The van der Waals surface area contributed by atoms with Gasteiger partial charge < -0.3 is 15.2 Å². The van der Waals surface area contributed by atoms with Gasteiger partial charge in [-0.15, -0.1) is 0 Å². The van der Waals surface area contributed by atoms with Crippen LogP contribution in [0.4, 0.5) is 0 Å². The van der Waals surface area contributed by atoms with Gasteiger partial charge in [0.1, 0.15) is 18.4 Å². The second-order valence-electron chi connectivity index (χ2n) is 6.23. The van der Waals surface area contributed by atoms with E-state index in [-0.39, 0.29) is 12.6 Å². The summed E-state index contributed by atoms with van der Waals surface area (Å²) in [6.07, 6.45) is 4.89. The van der Waals surface area contributed by atoms with Crippen LogP contribution in [-0.2, 0) is 16.1 Å². The van der Waals surface area contributed by atoms with Crippen molar-refractivity contribution in [2.45, 2.75) is 38.3 Å². The summed E-state index contributed by atoms with van der Waals surface area (Å²) in [5.74, 6) is 2.19. The molecule has 0 heterocycles. The molecule has 1 aromatic rings. The van der Waals surface area contributed by atoms with E-state index in [1.54, 1.807) is 7.11 Å². The topological polar surface area (TPSA) is 61.5 Å². The Hall–Kier alpha value is -1.55. The van der Waals surface area contributed by atoms with Crippen LogP contribution in [0, 0.1) is 17.8 Å². The Morgan fingerprint density at radius 1 is 1.19 bits per heavy atom. The Balaban J connectivity index is 1.52. The van der Waals surface area contributed by atoms with Gasteiger partial charge in [-0.3, -0.25) is 4.79 Å². The number of benzene rings is 1. The van der Waals surface area contributed by atoms with Crippen molar-refractivity contribution in [1.82, 2.24) is 0 Å². The molecule has 0 saturated heterocycles. The normalized spacial score (nSPS) is 19.4. The van der Waals surface area contributed by atoms with Gasteiger partial charge in [0.25, 0.3) is 0 Å². The third kappa shape index (κ3) is 3.56. The highest BCUT2D eigenvalue weighted by Gasteiger charge is 2.46. The minimum absolute atomic E-state index is 0.255. The van der Waals surface area contributed by atoms with E-state index >= 15 is 0 Å². The number of hydrogen-bond donors (Lipinski definition) is 1. The minimum atomic E-state index is -0.455. The van der Waals surface area contributed by atoms with Crippen LogP contribution in [-0.4, -0.2) is 19.1 Å². The van der Waals surface area contributed by atoms with E-state index in [0.717, 1.165) is 11.3 Å². The van der Waals surface area contributed by atoms with Crippen LogP contribution >= 0.6 is 0 Å². The lowest BCUT2D eigenvalue weighted by Gasteiger charge is -2.22. The van der Waals surface area contributed by atoms with E-state index in [4.69, 9.17) is 15.2 Å². The average molecular weight is 289 g/mol. The van der Waals surface area contributed by atoms with Gasteiger partial charge in [-0.25, -0.2) is 0 Å². The first-order chi connectivity index (χ1) is 10.2. The molecule has 4 heteroatoms. The molecular weight excluding hydrogens is 266 g/mol. The fourth-order valence-corrected chi connectivity index (χ4v) is 3.06. The van der Waals surface area contributed by atoms with Gasteiger partial charge in [0, 0.05) is 0 Å². The molecule has 2 aliphatic carbocycles. The van der Waals surface area contributed by atoms with Gasteiger partial charge in [0.15, 0.2) is 0 Å². The van der Waals surface area contributed by atoms with Gasteiger partial charge in [-0.1, -0.05) is 12.1 Å². The predicted molar refractivity (Wildman–Crippen MR) is 79.7 cm³/mol. The first kappa shape index (κ1) is 14.4. The van der Waals surface area contributed by atoms with Crippen LogP contribution in [0.1, 0.15) is 31.2 Å². The molecule has 4 nitrogen and oxygen atoms in total. The SMILES string of the molecule is COc1ccc(COC(=O)[C@H](N)C(C2CC2)C2CC2)cc1. The van der Waals surface area contributed by atoms with E-state index < -0.39 is 6.04 Å². The zero-order valence-corrected chi connectivity index (χ0v) is 12.5. The molecule has 2 aliphatic rings. The summed E-state index contributed by atoms with van der Waals surface area (Å²) in [5.41, 5.74) is 7.11. The van der Waals surface area contributed by atoms with Crippen LogP contribution in [0.2, 0.25) is 0 Å². The summed E-state index contributed by atoms with van der Waals surface area (Å²) in [6.45, 7) is 0.276. The Bertz CT molecular complexity index is 479. The summed E-state index contributed by atoms with van der Waals surface area (Å²) in [4.78, 5) is 12.2. The molecule has 0 aromatic heterocycles. The van der Waals surface area contributed by atoms with E-state index in [1.807, 2.05) is 24.3 Å². The molecule has 1 aromatic carbocycles. The maximum absolute atomic E-state index is 12.2. The number of hydrogen-bond acceptors (Lipinski definition) is 4. The van der Waals surface area contributed by atoms with Gasteiger partial charge >= 0.3 is 5.97 Å². The van der Waals surface area contributed by atoms with Gasteiger partial charge in [-0.2, -0.15) is 0 Å². The minimum Gasteiger partial charge on any atom is -0.497 e. The molecule has 2 saturated carbocycles. The van der Waals surface area contributed by atoms with Gasteiger partial charge in [0.05, 0.1) is 7.11 Å². The summed E-state index contributed by atoms with van der Waals surface area (Å²) >= 11 is 0. The van der Waals surface area contributed by atoms with Crippen molar-refractivity contribution in [3.8, 4) is 5.75 Å². The zero-order chi connectivity index (χ0) is 14.8. The van der Waals surface area contributed by atoms with Crippen molar-refractivity contribution >= 4 is 5.97 Å². The fourth-order valence-electron chi connectivity index (χ4n) is 3.06. The second-order valence-corrected chi connectivity index (χ2v) is 6.23. The van der Waals surface area contributed by atoms with E-state index in [9.17, 15) is 4.79 Å². The van der Waals surface area contributed by atoms with Crippen molar-refractivity contribution in [3.05, 3.63) is 29.8 Å². The monoisotopic (exact) mass is 289 g/mol. The first-order valence-electron chi connectivity index (χ1n) is 7.74. The molecule has 0 aliphatic heterocycles. The molecule has 0 amide bonds. The van der Waals surface area contributed by atoms with Crippen LogP contribution in [0.5, 0.6) is 5.75 Å². The van der Waals surface area contributed by atoms with Crippen LogP contribution in [0.15, 0.2) is 24.3 Å². The van der Waals surface area contributed by atoms with Crippen molar-refractivity contribution in [1.29, 1.82) is 0 Å². The van der Waals surface area contributed by atoms with Gasteiger partial charge in [-0.05, 0) is 61.1 Å². The molecular formula is C17H23NO3. The molecule has 0 spiro atoms. The van der Waals surface area contributed by atoms with Gasteiger partial charge in [0.2, 0.25) is 0 Å². The first-order valence-corrected chi connectivity index (χ1v) is 7.74. The van der Waals surface area contributed by atoms with E-state index in [0.29, 0.717) is 17.8 Å². The molecule has 0 bridgehead atoms. The lowest BCUT2D eigenvalue weighted by molar-refractivity contribution is -0.148. The summed E-state index contributed by atoms with van der Waals surface area (Å²) in [7, 11) is 1.63. The third-order valence-electron chi connectivity index (χ3n) is 4.56. The standard InChI is InChI=1S/C17H23NO3/c1-20-14-8-2-11(3-9-14)10-21-17(19)16(18)15(12-4-5-12)13-6-7-13/h2-3,8-9,12-13,15-16H,4-7,10,18H2,1H3/t16-/m1/s1.